The summed E-state index contributed by atoms with van der Waals surface area (Å²) in [5.74, 6) is 0.298. The molecule has 1 aromatic rings. The molecule has 0 aromatic heterocycles. The van der Waals surface area contributed by atoms with Gasteiger partial charge in [-0.15, -0.1) is 0 Å². The summed E-state index contributed by atoms with van der Waals surface area (Å²) in [6, 6.07) is 6.66. The predicted octanol–water partition coefficient (Wildman–Crippen LogP) is 2.38. The van der Waals surface area contributed by atoms with Crippen LogP contribution in [0.2, 0.25) is 0 Å². The van der Waals surface area contributed by atoms with Crippen LogP contribution in [0.15, 0.2) is 33.6 Å². The minimum Gasteiger partial charge on any atom is -0.211 e. The summed E-state index contributed by atoms with van der Waals surface area (Å²) in [5.41, 5.74) is 0. The zero-order valence-corrected chi connectivity index (χ0v) is 11.1. The van der Waals surface area contributed by atoms with E-state index in [-0.39, 0.29) is 4.90 Å². The number of rotatable bonds is 4. The van der Waals surface area contributed by atoms with Crippen molar-refractivity contribution in [3.05, 3.63) is 28.7 Å². The molecule has 0 bridgehead atoms. The molecule has 0 aliphatic heterocycles. The summed E-state index contributed by atoms with van der Waals surface area (Å²) in [4.78, 5) is 0.289. The molecule has 0 amide bonds. The van der Waals surface area contributed by atoms with E-state index in [4.69, 9.17) is 0 Å². The van der Waals surface area contributed by atoms with Crippen molar-refractivity contribution in [3.63, 3.8) is 0 Å². The fraction of sp³-hybridized carbons (Fsp3) is 0.400. The van der Waals surface area contributed by atoms with Gasteiger partial charge in [-0.25, -0.2) is 13.1 Å². The van der Waals surface area contributed by atoms with Crippen molar-refractivity contribution >= 4 is 26.0 Å². The fourth-order valence-electron chi connectivity index (χ4n) is 0.994. The van der Waals surface area contributed by atoms with Gasteiger partial charge in [0.2, 0.25) is 10.0 Å². The highest BCUT2D eigenvalue weighted by Crippen LogP contribution is 2.15. The molecule has 0 aliphatic rings. The van der Waals surface area contributed by atoms with E-state index in [2.05, 4.69) is 20.7 Å². The number of nitrogens with one attached hydrogen (secondary N) is 1. The van der Waals surface area contributed by atoms with E-state index < -0.39 is 10.0 Å². The zero-order chi connectivity index (χ0) is 11.5. The molecule has 84 valence electrons. The molecule has 1 N–H and O–H groups in total. The van der Waals surface area contributed by atoms with Gasteiger partial charge in [0.25, 0.3) is 0 Å². The van der Waals surface area contributed by atoms with Gasteiger partial charge in [-0.05, 0) is 24.1 Å². The third-order valence-electron chi connectivity index (χ3n) is 1.79. The quantitative estimate of drug-likeness (QED) is 0.926. The SMILES string of the molecule is CC(C)CNS(=O)(=O)c1cccc(Br)c1. The monoisotopic (exact) mass is 291 g/mol. The average molecular weight is 292 g/mol. The first kappa shape index (κ1) is 12.7. The molecule has 0 saturated carbocycles. The Morgan fingerprint density at radius 3 is 2.60 bits per heavy atom. The van der Waals surface area contributed by atoms with Gasteiger partial charge in [0.15, 0.2) is 0 Å². The number of sulfonamides is 1. The second kappa shape index (κ2) is 5.09. The lowest BCUT2D eigenvalue weighted by Gasteiger charge is -2.08. The summed E-state index contributed by atoms with van der Waals surface area (Å²) in [6.45, 7) is 4.38. The van der Waals surface area contributed by atoms with Crippen LogP contribution in [0.3, 0.4) is 0 Å². The van der Waals surface area contributed by atoms with E-state index in [0.717, 1.165) is 4.47 Å². The molecule has 3 nitrogen and oxygen atoms in total. The summed E-state index contributed by atoms with van der Waals surface area (Å²) in [6.07, 6.45) is 0. The minimum atomic E-state index is -3.36. The number of hydrogen-bond donors (Lipinski definition) is 1. The van der Waals surface area contributed by atoms with Crippen molar-refractivity contribution in [1.82, 2.24) is 4.72 Å². The van der Waals surface area contributed by atoms with Crippen LogP contribution in [0.1, 0.15) is 13.8 Å². The summed E-state index contributed by atoms with van der Waals surface area (Å²) in [5, 5.41) is 0. The third-order valence-corrected chi connectivity index (χ3v) is 3.70. The largest absolute Gasteiger partial charge is 0.240 e. The van der Waals surface area contributed by atoms with Gasteiger partial charge in [-0.2, -0.15) is 0 Å². The molecule has 0 unspecified atom stereocenters. The van der Waals surface area contributed by atoms with Crippen LogP contribution in [0, 0.1) is 5.92 Å². The van der Waals surface area contributed by atoms with Crippen molar-refractivity contribution in [2.75, 3.05) is 6.54 Å². The molecule has 1 rings (SSSR count). The molecule has 0 fully saturated rings. The van der Waals surface area contributed by atoms with E-state index in [1.807, 2.05) is 13.8 Å². The Labute approximate surface area is 99.1 Å². The predicted molar refractivity (Wildman–Crippen MR) is 64.2 cm³/mol. The van der Waals surface area contributed by atoms with E-state index >= 15 is 0 Å². The van der Waals surface area contributed by atoms with Gasteiger partial charge >= 0.3 is 0 Å². The Morgan fingerprint density at radius 2 is 2.07 bits per heavy atom. The minimum absolute atomic E-state index is 0.289. The molecule has 0 radical (unpaired) electrons. The van der Waals surface area contributed by atoms with Crippen LogP contribution in [-0.4, -0.2) is 15.0 Å². The smallest absolute Gasteiger partial charge is 0.211 e. The number of hydrogen-bond acceptors (Lipinski definition) is 2. The summed E-state index contributed by atoms with van der Waals surface area (Å²) < 4.78 is 26.8. The zero-order valence-electron chi connectivity index (χ0n) is 8.70. The maximum absolute atomic E-state index is 11.8. The lowest BCUT2D eigenvalue weighted by Crippen LogP contribution is -2.27. The fourth-order valence-corrected chi connectivity index (χ4v) is 2.80. The van der Waals surface area contributed by atoms with Crippen molar-refractivity contribution < 1.29 is 8.42 Å². The van der Waals surface area contributed by atoms with Crippen LogP contribution in [0.25, 0.3) is 0 Å². The number of halogens is 1. The van der Waals surface area contributed by atoms with Crippen molar-refractivity contribution in [2.24, 2.45) is 5.92 Å². The lowest BCUT2D eigenvalue weighted by molar-refractivity contribution is 0.560. The molecular weight excluding hydrogens is 278 g/mol. The van der Waals surface area contributed by atoms with E-state index in [9.17, 15) is 8.42 Å². The first-order chi connectivity index (χ1) is 6.92. The third kappa shape index (κ3) is 3.93. The first-order valence-corrected chi connectivity index (χ1v) is 6.94. The van der Waals surface area contributed by atoms with Gasteiger partial charge in [-0.1, -0.05) is 35.8 Å². The van der Waals surface area contributed by atoms with Crippen LogP contribution in [-0.2, 0) is 10.0 Å². The normalized spacial score (nSPS) is 12.0. The number of benzene rings is 1. The molecule has 0 saturated heterocycles. The van der Waals surface area contributed by atoms with Crippen LogP contribution < -0.4 is 4.72 Å². The van der Waals surface area contributed by atoms with Crippen molar-refractivity contribution in [2.45, 2.75) is 18.7 Å². The highest BCUT2D eigenvalue weighted by molar-refractivity contribution is 9.10. The standard InChI is InChI=1S/C10H14BrNO2S/c1-8(2)7-12-15(13,14)10-5-3-4-9(11)6-10/h3-6,8,12H,7H2,1-2H3. The second-order valence-electron chi connectivity index (χ2n) is 3.70. The molecule has 5 heteroatoms. The Kier molecular flexibility index (Phi) is 4.31. The van der Waals surface area contributed by atoms with Crippen molar-refractivity contribution in [1.29, 1.82) is 0 Å². The summed E-state index contributed by atoms with van der Waals surface area (Å²) >= 11 is 3.24. The topological polar surface area (TPSA) is 46.2 Å². The van der Waals surface area contributed by atoms with Crippen LogP contribution >= 0.6 is 15.9 Å². The van der Waals surface area contributed by atoms with Gasteiger partial charge in [-0.3, -0.25) is 0 Å². The average Bonchev–Trinajstić information content (AvgIpc) is 2.15. The van der Waals surface area contributed by atoms with Gasteiger partial charge in [0.05, 0.1) is 4.90 Å². The molecule has 15 heavy (non-hydrogen) atoms. The van der Waals surface area contributed by atoms with Crippen LogP contribution in [0.5, 0.6) is 0 Å². The van der Waals surface area contributed by atoms with Gasteiger partial charge < -0.3 is 0 Å². The second-order valence-corrected chi connectivity index (χ2v) is 6.39. The maximum Gasteiger partial charge on any atom is 0.240 e. The van der Waals surface area contributed by atoms with E-state index in [1.165, 1.54) is 0 Å². The highest BCUT2D eigenvalue weighted by Gasteiger charge is 2.13. The first-order valence-electron chi connectivity index (χ1n) is 4.67. The Bertz CT molecular complexity index is 429. The molecule has 0 heterocycles. The van der Waals surface area contributed by atoms with Gasteiger partial charge in [0.1, 0.15) is 0 Å². The van der Waals surface area contributed by atoms with Crippen molar-refractivity contribution in [3.8, 4) is 0 Å². The van der Waals surface area contributed by atoms with Gasteiger partial charge in [0, 0.05) is 11.0 Å². The van der Waals surface area contributed by atoms with E-state index in [1.54, 1.807) is 24.3 Å². The molecule has 1 aromatic carbocycles. The molecule has 0 spiro atoms. The van der Waals surface area contributed by atoms with Crippen LogP contribution in [0.4, 0.5) is 0 Å². The Hall–Kier alpha value is -0.390. The summed E-state index contributed by atoms with van der Waals surface area (Å²) in [7, 11) is -3.36. The molecule has 0 atom stereocenters. The molecule has 0 aliphatic carbocycles. The molecular formula is C10H14BrNO2S. The Morgan fingerprint density at radius 1 is 1.40 bits per heavy atom. The van der Waals surface area contributed by atoms with E-state index in [0.29, 0.717) is 12.5 Å². The Balaban J connectivity index is 2.87. The highest BCUT2D eigenvalue weighted by atomic mass is 79.9. The lowest BCUT2D eigenvalue weighted by atomic mass is 10.2. The maximum atomic E-state index is 11.8.